The molecule has 2 aromatic rings. The van der Waals surface area contributed by atoms with Crippen LogP contribution in [0.2, 0.25) is 0 Å². The van der Waals surface area contributed by atoms with Crippen molar-refractivity contribution >= 4 is 11.8 Å². The van der Waals surface area contributed by atoms with Gasteiger partial charge in [-0.25, -0.2) is 0 Å². The zero-order valence-electron chi connectivity index (χ0n) is 16.2. The molecule has 0 atom stereocenters. The van der Waals surface area contributed by atoms with E-state index in [1.165, 1.54) is 12.5 Å². The molecule has 0 aliphatic heterocycles. The first-order chi connectivity index (χ1) is 13.0. The molecule has 1 saturated carbocycles. The summed E-state index contributed by atoms with van der Waals surface area (Å²) in [6, 6.07) is 18.5. The molecule has 4 nitrogen and oxygen atoms in total. The Kier molecular flexibility index (Phi) is 6.28. The Morgan fingerprint density at radius 3 is 2.19 bits per heavy atom. The van der Waals surface area contributed by atoms with Crippen molar-refractivity contribution in [3.63, 3.8) is 0 Å². The maximum atomic E-state index is 12.8. The highest BCUT2D eigenvalue weighted by Gasteiger charge is 2.27. The fourth-order valence-electron chi connectivity index (χ4n) is 3.88. The van der Waals surface area contributed by atoms with Gasteiger partial charge in [0, 0.05) is 32.1 Å². The molecule has 3 rings (SSSR count). The fourth-order valence-corrected chi connectivity index (χ4v) is 3.88. The topological polar surface area (TPSA) is 49.4 Å². The van der Waals surface area contributed by atoms with Crippen LogP contribution in [0.3, 0.4) is 0 Å². The van der Waals surface area contributed by atoms with Crippen LogP contribution in [0.1, 0.15) is 60.0 Å². The molecular weight excluding hydrogens is 336 g/mol. The number of carbonyl (C=O) groups is 2. The van der Waals surface area contributed by atoms with E-state index in [1.807, 2.05) is 36.2 Å². The average Bonchev–Trinajstić information content (AvgIpc) is 2.72. The maximum Gasteiger partial charge on any atom is 0.253 e. The first-order valence-electron chi connectivity index (χ1n) is 9.70. The predicted molar refractivity (Wildman–Crippen MR) is 107 cm³/mol. The van der Waals surface area contributed by atoms with Gasteiger partial charge in [0.25, 0.3) is 5.91 Å². The summed E-state index contributed by atoms with van der Waals surface area (Å²) >= 11 is 0. The van der Waals surface area contributed by atoms with Gasteiger partial charge >= 0.3 is 0 Å². The SMILES string of the molecule is CC(=O)NCc1ccc(C(=O)N(C)C2CCC(c3ccccc3)CC2)cc1. The molecule has 0 aromatic heterocycles. The molecule has 4 heteroatoms. The highest BCUT2D eigenvalue weighted by Crippen LogP contribution is 2.34. The number of carbonyl (C=O) groups excluding carboxylic acids is 2. The van der Waals surface area contributed by atoms with Gasteiger partial charge in [0.15, 0.2) is 0 Å². The van der Waals surface area contributed by atoms with Crippen LogP contribution in [0.4, 0.5) is 0 Å². The quantitative estimate of drug-likeness (QED) is 0.867. The van der Waals surface area contributed by atoms with Gasteiger partial charge in [-0.2, -0.15) is 0 Å². The third kappa shape index (κ3) is 4.97. The lowest BCUT2D eigenvalue weighted by atomic mass is 9.81. The minimum Gasteiger partial charge on any atom is -0.352 e. The average molecular weight is 364 g/mol. The zero-order valence-corrected chi connectivity index (χ0v) is 16.2. The minimum absolute atomic E-state index is 0.0546. The van der Waals surface area contributed by atoms with Gasteiger partial charge in [0.1, 0.15) is 0 Å². The van der Waals surface area contributed by atoms with Crippen molar-refractivity contribution in [1.29, 1.82) is 0 Å². The van der Waals surface area contributed by atoms with E-state index in [0.29, 0.717) is 24.1 Å². The summed E-state index contributed by atoms with van der Waals surface area (Å²) < 4.78 is 0. The molecule has 1 fully saturated rings. The second-order valence-electron chi connectivity index (χ2n) is 7.44. The maximum absolute atomic E-state index is 12.8. The summed E-state index contributed by atoms with van der Waals surface area (Å²) in [5, 5.41) is 2.77. The Balaban J connectivity index is 1.55. The van der Waals surface area contributed by atoms with Crippen LogP contribution in [0.25, 0.3) is 0 Å². The second kappa shape index (κ2) is 8.85. The summed E-state index contributed by atoms with van der Waals surface area (Å²) in [5.41, 5.74) is 3.11. The van der Waals surface area contributed by atoms with Crippen molar-refractivity contribution in [2.75, 3.05) is 7.05 Å². The van der Waals surface area contributed by atoms with E-state index >= 15 is 0 Å². The van der Waals surface area contributed by atoms with Gasteiger partial charge in [-0.05, 0) is 54.9 Å². The molecule has 0 unspecified atom stereocenters. The lowest BCUT2D eigenvalue weighted by molar-refractivity contribution is -0.119. The van der Waals surface area contributed by atoms with Gasteiger partial charge in [-0.3, -0.25) is 9.59 Å². The Morgan fingerprint density at radius 2 is 1.59 bits per heavy atom. The largest absolute Gasteiger partial charge is 0.352 e. The molecule has 0 spiro atoms. The van der Waals surface area contributed by atoms with Crippen molar-refractivity contribution in [3.05, 3.63) is 71.3 Å². The molecule has 27 heavy (non-hydrogen) atoms. The summed E-state index contributed by atoms with van der Waals surface area (Å²) in [6.07, 6.45) is 4.34. The lowest BCUT2D eigenvalue weighted by Gasteiger charge is -2.35. The van der Waals surface area contributed by atoms with E-state index < -0.39 is 0 Å². The van der Waals surface area contributed by atoms with Crippen LogP contribution < -0.4 is 5.32 Å². The Hall–Kier alpha value is -2.62. The van der Waals surface area contributed by atoms with Crippen LogP contribution in [-0.2, 0) is 11.3 Å². The van der Waals surface area contributed by atoms with Crippen LogP contribution in [0.15, 0.2) is 54.6 Å². The highest BCUT2D eigenvalue weighted by molar-refractivity contribution is 5.94. The molecule has 2 aromatic carbocycles. The van der Waals surface area contributed by atoms with E-state index in [9.17, 15) is 9.59 Å². The van der Waals surface area contributed by atoms with Gasteiger partial charge in [-0.15, -0.1) is 0 Å². The molecule has 1 aliphatic rings. The van der Waals surface area contributed by atoms with Gasteiger partial charge in [0.05, 0.1) is 0 Å². The van der Waals surface area contributed by atoms with E-state index in [4.69, 9.17) is 0 Å². The summed E-state index contributed by atoms with van der Waals surface area (Å²) in [7, 11) is 1.92. The molecule has 142 valence electrons. The van der Waals surface area contributed by atoms with Gasteiger partial charge < -0.3 is 10.2 Å². The zero-order chi connectivity index (χ0) is 19.2. The van der Waals surface area contributed by atoms with Crippen LogP contribution >= 0.6 is 0 Å². The third-order valence-electron chi connectivity index (χ3n) is 5.58. The first kappa shape index (κ1) is 19.2. The number of benzene rings is 2. The van der Waals surface area contributed by atoms with E-state index in [2.05, 4.69) is 35.6 Å². The predicted octanol–water partition coefficient (Wildman–Crippen LogP) is 4.12. The van der Waals surface area contributed by atoms with Gasteiger partial charge in [-0.1, -0.05) is 42.5 Å². The van der Waals surface area contributed by atoms with Crippen molar-refractivity contribution < 1.29 is 9.59 Å². The fraction of sp³-hybridized carbons (Fsp3) is 0.391. The standard InChI is InChI=1S/C23H28N2O2/c1-17(26)24-16-18-8-10-21(11-9-18)23(27)25(2)22-14-12-20(13-15-22)19-6-4-3-5-7-19/h3-11,20,22H,12-16H2,1-2H3,(H,24,26). The Bertz CT molecular complexity index is 763. The highest BCUT2D eigenvalue weighted by atomic mass is 16.2. The van der Waals surface area contributed by atoms with Crippen LogP contribution in [0.5, 0.6) is 0 Å². The molecule has 2 amide bonds. The first-order valence-corrected chi connectivity index (χ1v) is 9.70. The number of hydrogen-bond acceptors (Lipinski definition) is 2. The summed E-state index contributed by atoms with van der Waals surface area (Å²) in [4.78, 5) is 25.7. The minimum atomic E-state index is -0.0546. The monoisotopic (exact) mass is 364 g/mol. The van der Waals surface area contributed by atoms with Crippen molar-refractivity contribution in [2.45, 2.75) is 51.1 Å². The number of rotatable bonds is 5. The van der Waals surface area contributed by atoms with Crippen molar-refractivity contribution in [2.24, 2.45) is 0 Å². The second-order valence-corrected chi connectivity index (χ2v) is 7.44. The van der Waals surface area contributed by atoms with Crippen LogP contribution in [0, 0.1) is 0 Å². The molecule has 0 saturated heterocycles. The normalized spacial score (nSPS) is 19.3. The lowest BCUT2D eigenvalue weighted by Crippen LogP contribution is -2.39. The number of nitrogens with one attached hydrogen (secondary N) is 1. The molecule has 0 radical (unpaired) electrons. The molecular formula is C23H28N2O2. The van der Waals surface area contributed by atoms with E-state index in [-0.39, 0.29) is 11.8 Å². The number of hydrogen-bond donors (Lipinski definition) is 1. The van der Waals surface area contributed by atoms with Crippen molar-refractivity contribution in [1.82, 2.24) is 10.2 Å². The smallest absolute Gasteiger partial charge is 0.253 e. The molecule has 1 N–H and O–H groups in total. The number of nitrogens with zero attached hydrogens (tertiary/aromatic N) is 1. The molecule has 1 aliphatic carbocycles. The number of amides is 2. The van der Waals surface area contributed by atoms with Crippen molar-refractivity contribution in [3.8, 4) is 0 Å². The van der Waals surface area contributed by atoms with E-state index in [1.54, 1.807) is 0 Å². The molecule has 0 heterocycles. The third-order valence-corrected chi connectivity index (χ3v) is 5.58. The Morgan fingerprint density at radius 1 is 0.963 bits per heavy atom. The summed E-state index contributed by atoms with van der Waals surface area (Å²) in [6.45, 7) is 1.99. The van der Waals surface area contributed by atoms with Gasteiger partial charge in [0.2, 0.25) is 5.91 Å². The van der Waals surface area contributed by atoms with E-state index in [0.717, 1.165) is 31.2 Å². The Labute approximate surface area is 161 Å². The molecule has 0 bridgehead atoms. The summed E-state index contributed by atoms with van der Waals surface area (Å²) in [5.74, 6) is 0.629. The van der Waals surface area contributed by atoms with Crippen LogP contribution in [-0.4, -0.2) is 29.8 Å².